The molecule has 2 rings (SSSR count). The second-order valence-electron chi connectivity index (χ2n) is 4.37. The summed E-state index contributed by atoms with van der Waals surface area (Å²) in [6.45, 7) is 5.01. The summed E-state index contributed by atoms with van der Waals surface area (Å²) in [7, 11) is 0. The molecule has 0 saturated heterocycles. The highest BCUT2D eigenvalue weighted by molar-refractivity contribution is 7.71. The van der Waals surface area contributed by atoms with Gasteiger partial charge in [-0.15, -0.1) is 5.10 Å². The van der Waals surface area contributed by atoms with Gasteiger partial charge in [0.1, 0.15) is 0 Å². The van der Waals surface area contributed by atoms with E-state index in [9.17, 15) is 0 Å². The number of hydrogen-bond donors (Lipinski definition) is 2. The molecule has 0 saturated carbocycles. The van der Waals surface area contributed by atoms with Gasteiger partial charge >= 0.3 is 0 Å². The van der Waals surface area contributed by atoms with Crippen LogP contribution < -0.4 is 5.73 Å². The van der Waals surface area contributed by atoms with E-state index in [0.717, 1.165) is 0 Å². The number of aromatic amines is 1. The number of nitrogens with one attached hydrogen (secondary N) is 1. The lowest BCUT2D eigenvalue weighted by molar-refractivity contribution is 0.790. The monoisotopic (exact) mass is 248 g/mol. The van der Waals surface area contributed by atoms with Crippen molar-refractivity contribution < 1.29 is 0 Å². The van der Waals surface area contributed by atoms with E-state index >= 15 is 0 Å². The minimum absolute atomic E-state index is 0.419. The molecule has 0 aliphatic heterocycles. The molecule has 0 bridgehead atoms. The Morgan fingerprint density at radius 1 is 1.35 bits per heavy atom. The van der Waals surface area contributed by atoms with Crippen molar-refractivity contribution in [1.82, 2.24) is 14.8 Å². The van der Waals surface area contributed by atoms with Gasteiger partial charge < -0.3 is 5.73 Å². The molecule has 3 N–H and O–H groups in total. The Morgan fingerprint density at radius 3 is 2.47 bits per heavy atom. The molecule has 1 heterocycles. The average Bonchev–Trinajstić information content (AvgIpc) is 2.61. The molecule has 17 heavy (non-hydrogen) atoms. The molecular formula is C12H16N4S. The van der Waals surface area contributed by atoms with E-state index in [2.05, 4.69) is 48.3 Å². The van der Waals surface area contributed by atoms with Crippen LogP contribution in [0.15, 0.2) is 24.3 Å². The van der Waals surface area contributed by atoms with Crippen LogP contribution in [-0.2, 0) is 6.54 Å². The van der Waals surface area contributed by atoms with Crippen molar-refractivity contribution in [3.05, 3.63) is 40.2 Å². The summed E-state index contributed by atoms with van der Waals surface area (Å²) in [4.78, 5) is 0. The van der Waals surface area contributed by atoms with Gasteiger partial charge in [0.05, 0.1) is 6.54 Å². The minimum Gasteiger partial charge on any atom is -0.368 e. The van der Waals surface area contributed by atoms with Gasteiger partial charge in [-0.25, -0.2) is 5.10 Å². The molecule has 4 nitrogen and oxygen atoms in total. The molecule has 0 atom stereocenters. The summed E-state index contributed by atoms with van der Waals surface area (Å²) in [5, 5.41) is 6.56. The van der Waals surface area contributed by atoms with E-state index < -0.39 is 0 Å². The van der Waals surface area contributed by atoms with Crippen molar-refractivity contribution in [2.45, 2.75) is 26.3 Å². The Morgan fingerprint density at radius 2 is 2.00 bits per heavy atom. The molecule has 5 heteroatoms. The van der Waals surface area contributed by atoms with E-state index in [1.54, 1.807) is 4.57 Å². The minimum atomic E-state index is 0.419. The van der Waals surface area contributed by atoms with E-state index in [0.29, 0.717) is 23.2 Å². The third kappa shape index (κ3) is 2.55. The molecule has 1 aromatic heterocycles. The summed E-state index contributed by atoms with van der Waals surface area (Å²) in [5.74, 6) is 0.966. The predicted octanol–water partition coefficient (Wildman–Crippen LogP) is 2.69. The summed E-state index contributed by atoms with van der Waals surface area (Å²) in [5.41, 5.74) is 8.22. The number of nitrogen functional groups attached to an aromatic ring is 1. The standard InChI is InChI=1S/C12H16N4S/c1-8(2)10-5-3-9(4-6-10)7-16-11(13)14-15-12(16)17/h3-6,8H,7H2,1-2H3,(H2,13,14)(H,15,17). The van der Waals surface area contributed by atoms with Crippen molar-refractivity contribution in [1.29, 1.82) is 0 Å². The van der Waals surface area contributed by atoms with Gasteiger partial charge in [0.2, 0.25) is 5.95 Å². The molecule has 0 aliphatic carbocycles. The van der Waals surface area contributed by atoms with Gasteiger partial charge in [-0.2, -0.15) is 0 Å². The zero-order valence-electron chi connectivity index (χ0n) is 9.97. The maximum Gasteiger partial charge on any atom is 0.220 e. The van der Waals surface area contributed by atoms with Crippen LogP contribution in [0.4, 0.5) is 5.95 Å². The number of rotatable bonds is 3. The highest BCUT2D eigenvalue weighted by Crippen LogP contribution is 2.15. The zero-order valence-corrected chi connectivity index (χ0v) is 10.8. The zero-order chi connectivity index (χ0) is 12.4. The summed E-state index contributed by atoms with van der Waals surface area (Å²) in [6, 6.07) is 8.48. The number of anilines is 1. The molecule has 0 fully saturated rings. The Labute approximate surface area is 105 Å². The predicted molar refractivity (Wildman–Crippen MR) is 71.5 cm³/mol. The first-order valence-electron chi connectivity index (χ1n) is 5.57. The third-order valence-corrected chi connectivity index (χ3v) is 3.09. The molecule has 0 amide bonds. The Balaban J connectivity index is 2.22. The smallest absolute Gasteiger partial charge is 0.220 e. The van der Waals surface area contributed by atoms with Crippen molar-refractivity contribution in [2.75, 3.05) is 5.73 Å². The highest BCUT2D eigenvalue weighted by atomic mass is 32.1. The second-order valence-corrected chi connectivity index (χ2v) is 4.76. The van der Waals surface area contributed by atoms with Gasteiger partial charge in [0, 0.05) is 0 Å². The van der Waals surface area contributed by atoms with Crippen LogP contribution in [-0.4, -0.2) is 14.8 Å². The molecule has 90 valence electrons. The van der Waals surface area contributed by atoms with Crippen molar-refractivity contribution in [2.24, 2.45) is 0 Å². The van der Waals surface area contributed by atoms with Gasteiger partial charge in [0.25, 0.3) is 0 Å². The molecule has 0 aliphatic rings. The summed E-state index contributed by atoms with van der Waals surface area (Å²) >= 11 is 5.10. The number of H-pyrrole nitrogens is 1. The summed E-state index contributed by atoms with van der Waals surface area (Å²) in [6.07, 6.45) is 0. The molecule has 0 unspecified atom stereocenters. The normalized spacial score (nSPS) is 11.0. The van der Waals surface area contributed by atoms with Crippen LogP contribution in [0.2, 0.25) is 0 Å². The topological polar surface area (TPSA) is 59.6 Å². The molecule has 1 aromatic carbocycles. The average molecular weight is 248 g/mol. The van der Waals surface area contributed by atoms with E-state index in [-0.39, 0.29) is 0 Å². The van der Waals surface area contributed by atoms with Crippen molar-refractivity contribution in [3.63, 3.8) is 0 Å². The van der Waals surface area contributed by atoms with Crippen LogP contribution >= 0.6 is 12.2 Å². The number of nitrogens with two attached hydrogens (primary N) is 1. The van der Waals surface area contributed by atoms with Crippen LogP contribution in [0.3, 0.4) is 0 Å². The lowest BCUT2D eigenvalue weighted by Gasteiger charge is -2.07. The number of nitrogens with zero attached hydrogens (tertiary/aromatic N) is 2. The lowest BCUT2D eigenvalue weighted by Crippen LogP contribution is -2.04. The largest absolute Gasteiger partial charge is 0.368 e. The third-order valence-electron chi connectivity index (χ3n) is 2.77. The number of hydrogen-bond acceptors (Lipinski definition) is 3. The van der Waals surface area contributed by atoms with E-state index in [1.807, 2.05) is 0 Å². The van der Waals surface area contributed by atoms with Gasteiger partial charge in [-0.05, 0) is 29.3 Å². The first kappa shape index (κ1) is 11.9. The lowest BCUT2D eigenvalue weighted by atomic mass is 10.0. The molecular weight excluding hydrogens is 232 g/mol. The number of aromatic nitrogens is 3. The highest BCUT2D eigenvalue weighted by Gasteiger charge is 2.03. The van der Waals surface area contributed by atoms with Crippen LogP contribution in [0.25, 0.3) is 0 Å². The van der Waals surface area contributed by atoms with Gasteiger partial charge in [0.15, 0.2) is 4.77 Å². The number of benzene rings is 1. The fourth-order valence-electron chi connectivity index (χ4n) is 1.67. The SMILES string of the molecule is CC(C)c1ccc(Cn2c(N)n[nH]c2=S)cc1. The second kappa shape index (κ2) is 4.71. The molecule has 0 radical (unpaired) electrons. The van der Waals surface area contributed by atoms with E-state index in [4.69, 9.17) is 18.0 Å². The van der Waals surface area contributed by atoms with Gasteiger partial charge in [-0.3, -0.25) is 4.57 Å². The molecule has 0 spiro atoms. The maximum absolute atomic E-state index is 5.72. The van der Waals surface area contributed by atoms with Crippen LogP contribution in [0, 0.1) is 4.77 Å². The fourth-order valence-corrected chi connectivity index (χ4v) is 1.88. The summed E-state index contributed by atoms with van der Waals surface area (Å²) < 4.78 is 2.33. The van der Waals surface area contributed by atoms with Crippen LogP contribution in [0.5, 0.6) is 0 Å². The first-order valence-corrected chi connectivity index (χ1v) is 5.98. The Bertz CT molecular complexity index is 551. The van der Waals surface area contributed by atoms with E-state index in [1.165, 1.54) is 11.1 Å². The molecule has 2 aromatic rings. The van der Waals surface area contributed by atoms with Crippen molar-refractivity contribution in [3.8, 4) is 0 Å². The van der Waals surface area contributed by atoms with Gasteiger partial charge in [-0.1, -0.05) is 38.1 Å². The van der Waals surface area contributed by atoms with Crippen LogP contribution in [0.1, 0.15) is 30.9 Å². The maximum atomic E-state index is 5.72. The quantitative estimate of drug-likeness (QED) is 0.821. The Kier molecular flexibility index (Phi) is 3.28. The first-order chi connectivity index (χ1) is 8.08. The Hall–Kier alpha value is -1.62. The van der Waals surface area contributed by atoms with Crippen molar-refractivity contribution >= 4 is 18.2 Å². The fraction of sp³-hybridized carbons (Fsp3) is 0.333.